The molecule has 0 radical (unpaired) electrons. The van der Waals surface area contributed by atoms with E-state index in [0.29, 0.717) is 21.8 Å². The Kier molecular flexibility index (Phi) is 10.6. The smallest absolute Gasteiger partial charge is 0.272 e. The number of rotatable bonds is 11. The number of nitrogens with two attached hydrogens (primary N) is 1. The molecule has 0 aromatic heterocycles. The van der Waals surface area contributed by atoms with E-state index >= 15 is 0 Å². The monoisotopic (exact) mass is 640 g/mol. The van der Waals surface area contributed by atoms with Crippen LogP contribution in [-0.2, 0) is 9.59 Å². The topological polar surface area (TPSA) is 130 Å². The van der Waals surface area contributed by atoms with Gasteiger partial charge in [-0.05, 0) is 72.2 Å². The van der Waals surface area contributed by atoms with Crippen molar-refractivity contribution in [1.82, 2.24) is 5.32 Å². The van der Waals surface area contributed by atoms with Crippen LogP contribution in [0.2, 0.25) is 0 Å². The van der Waals surface area contributed by atoms with Gasteiger partial charge < -0.3 is 21.7 Å². The molecule has 8 nitrogen and oxygen atoms in total. The van der Waals surface area contributed by atoms with E-state index in [-0.39, 0.29) is 17.2 Å². The van der Waals surface area contributed by atoms with Gasteiger partial charge in [-0.25, -0.2) is 0 Å². The first kappa shape index (κ1) is 32.5. The highest BCUT2D eigenvalue weighted by atomic mass is 32.2. The molecule has 0 saturated carbocycles. The predicted octanol–water partition coefficient (Wildman–Crippen LogP) is 6.98. The molecule has 0 bridgehead atoms. The van der Waals surface area contributed by atoms with Crippen molar-refractivity contribution in [2.24, 2.45) is 5.73 Å². The van der Waals surface area contributed by atoms with Crippen LogP contribution in [-0.4, -0.2) is 23.6 Å². The summed E-state index contributed by atoms with van der Waals surface area (Å²) in [5.74, 6) is -1.93. The van der Waals surface area contributed by atoms with Gasteiger partial charge in [-0.1, -0.05) is 91.0 Å². The van der Waals surface area contributed by atoms with Crippen molar-refractivity contribution in [2.45, 2.75) is 17.1 Å². The third-order valence-corrected chi connectivity index (χ3v) is 8.40. The number of hydrogen-bond acceptors (Lipinski definition) is 5. The van der Waals surface area contributed by atoms with Gasteiger partial charge in [0.05, 0.1) is 11.3 Å². The molecule has 0 aliphatic rings. The Morgan fingerprint density at radius 3 is 2.11 bits per heavy atom. The first-order valence-electron chi connectivity index (χ1n) is 14.7. The summed E-state index contributed by atoms with van der Waals surface area (Å²) in [4.78, 5) is 53.0. The minimum Gasteiger partial charge on any atom is -0.366 e. The van der Waals surface area contributed by atoms with Gasteiger partial charge in [0.1, 0.15) is 10.9 Å². The maximum Gasteiger partial charge on any atom is 0.272 e. The van der Waals surface area contributed by atoms with Crippen LogP contribution in [0.25, 0.3) is 6.08 Å². The van der Waals surface area contributed by atoms with Crippen LogP contribution in [0.15, 0.2) is 144 Å². The van der Waals surface area contributed by atoms with E-state index < -0.39 is 23.0 Å². The molecule has 0 saturated heterocycles. The van der Waals surface area contributed by atoms with Crippen LogP contribution < -0.4 is 21.7 Å². The van der Waals surface area contributed by atoms with Gasteiger partial charge in [0.15, 0.2) is 0 Å². The summed E-state index contributed by atoms with van der Waals surface area (Å²) in [7, 11) is 0. The fraction of sp³-hybridized carbons (Fsp3) is 0.0526. The van der Waals surface area contributed by atoms with Crippen LogP contribution >= 0.6 is 11.8 Å². The molecule has 1 unspecified atom stereocenters. The average molecular weight is 641 g/mol. The maximum absolute atomic E-state index is 13.7. The summed E-state index contributed by atoms with van der Waals surface area (Å²) in [5, 5.41) is 7.81. The van der Waals surface area contributed by atoms with Crippen molar-refractivity contribution in [3.8, 4) is 0 Å². The van der Waals surface area contributed by atoms with Crippen LogP contribution in [0.3, 0.4) is 0 Å². The molecular weight excluding hydrogens is 609 g/mol. The van der Waals surface area contributed by atoms with E-state index in [9.17, 15) is 19.2 Å². The SMILES string of the molecule is Cc1ccccc1/C=C(/NC(=O)c1ccccc1)C(=O)Nc1cccc(SC(C(=O)Nc2ccccc2C(N)=O)c2ccccc2)c1. The number of benzene rings is 5. The summed E-state index contributed by atoms with van der Waals surface area (Å²) in [5.41, 5.74) is 9.47. The van der Waals surface area contributed by atoms with Gasteiger partial charge in [-0.2, -0.15) is 0 Å². The van der Waals surface area contributed by atoms with Gasteiger partial charge >= 0.3 is 0 Å². The molecule has 1 atom stereocenters. The maximum atomic E-state index is 13.7. The molecule has 0 heterocycles. The molecule has 5 aromatic rings. The Labute approximate surface area is 277 Å². The lowest BCUT2D eigenvalue weighted by Gasteiger charge is -2.18. The Morgan fingerprint density at radius 2 is 1.38 bits per heavy atom. The molecule has 0 aliphatic heterocycles. The average Bonchev–Trinajstić information content (AvgIpc) is 3.08. The predicted molar refractivity (Wildman–Crippen MR) is 187 cm³/mol. The van der Waals surface area contributed by atoms with E-state index in [2.05, 4.69) is 16.0 Å². The van der Waals surface area contributed by atoms with E-state index in [1.807, 2.05) is 73.7 Å². The first-order valence-corrected chi connectivity index (χ1v) is 15.6. The second kappa shape index (κ2) is 15.4. The highest BCUT2D eigenvalue weighted by molar-refractivity contribution is 8.00. The van der Waals surface area contributed by atoms with Crippen LogP contribution in [0, 0.1) is 6.92 Å². The summed E-state index contributed by atoms with van der Waals surface area (Å²) in [6, 6.07) is 39.1. The molecule has 5 rings (SSSR count). The summed E-state index contributed by atoms with van der Waals surface area (Å²) >= 11 is 1.28. The number of aryl methyl sites for hydroxylation is 1. The fourth-order valence-corrected chi connectivity index (χ4v) is 5.82. The molecule has 0 fully saturated rings. The number of thioether (sulfide) groups is 1. The second-order valence-corrected chi connectivity index (χ2v) is 11.7. The van der Waals surface area contributed by atoms with E-state index in [1.165, 1.54) is 11.8 Å². The largest absolute Gasteiger partial charge is 0.366 e. The first-order chi connectivity index (χ1) is 22.8. The van der Waals surface area contributed by atoms with Gasteiger partial charge in [-0.3, -0.25) is 19.2 Å². The van der Waals surface area contributed by atoms with E-state index in [0.717, 1.165) is 16.7 Å². The molecule has 0 spiro atoms. The lowest BCUT2D eigenvalue weighted by Crippen LogP contribution is -2.30. The van der Waals surface area contributed by atoms with Crippen molar-refractivity contribution < 1.29 is 19.2 Å². The normalized spacial score (nSPS) is 11.6. The zero-order chi connectivity index (χ0) is 33.2. The lowest BCUT2D eigenvalue weighted by molar-refractivity contribution is -0.116. The third-order valence-electron chi connectivity index (χ3n) is 7.15. The third kappa shape index (κ3) is 8.62. The van der Waals surface area contributed by atoms with Gasteiger partial charge in [0.2, 0.25) is 5.91 Å². The number of para-hydroxylation sites is 1. The standard InChI is InChI=1S/C38H32N4O4S/c1-25-13-8-9-18-28(25)23-33(42-36(44)27-16-6-3-7-17-27)37(45)40-29-19-12-20-30(24-29)47-34(26-14-4-2-5-15-26)38(46)41-32-22-11-10-21-31(32)35(39)43/h2-24,34H,1H3,(H2,39,43)(H,40,45)(H,41,46)(H,42,44)/b33-23+. The Bertz CT molecular complexity index is 1940. The zero-order valence-corrected chi connectivity index (χ0v) is 26.3. The van der Waals surface area contributed by atoms with Gasteiger partial charge in [0, 0.05) is 16.1 Å². The summed E-state index contributed by atoms with van der Waals surface area (Å²) < 4.78 is 0. The van der Waals surface area contributed by atoms with Crippen molar-refractivity contribution in [2.75, 3.05) is 10.6 Å². The number of carbonyl (C=O) groups excluding carboxylic acids is 4. The number of nitrogens with one attached hydrogen (secondary N) is 3. The van der Waals surface area contributed by atoms with Gasteiger partial charge in [-0.15, -0.1) is 11.8 Å². The van der Waals surface area contributed by atoms with Crippen LogP contribution in [0.5, 0.6) is 0 Å². The Morgan fingerprint density at radius 1 is 0.723 bits per heavy atom. The van der Waals surface area contributed by atoms with Crippen molar-refractivity contribution in [3.05, 3.63) is 167 Å². The Hall–Kier alpha value is -5.93. The van der Waals surface area contributed by atoms with Crippen LogP contribution in [0.4, 0.5) is 11.4 Å². The van der Waals surface area contributed by atoms with Crippen LogP contribution in [0.1, 0.15) is 42.7 Å². The van der Waals surface area contributed by atoms with Crippen molar-refractivity contribution in [1.29, 1.82) is 0 Å². The number of amides is 4. The minimum atomic E-state index is -0.704. The highest BCUT2D eigenvalue weighted by Gasteiger charge is 2.24. The van der Waals surface area contributed by atoms with Crippen molar-refractivity contribution >= 4 is 52.8 Å². The molecule has 234 valence electrons. The molecule has 5 N–H and O–H groups in total. The molecule has 0 aliphatic carbocycles. The fourth-order valence-electron chi connectivity index (χ4n) is 4.73. The number of hydrogen-bond donors (Lipinski definition) is 4. The zero-order valence-electron chi connectivity index (χ0n) is 25.5. The van der Waals surface area contributed by atoms with Crippen molar-refractivity contribution in [3.63, 3.8) is 0 Å². The molecule has 5 aromatic carbocycles. The lowest BCUT2D eigenvalue weighted by atomic mass is 10.1. The Balaban J connectivity index is 1.39. The summed E-state index contributed by atoms with van der Waals surface area (Å²) in [6.45, 7) is 1.92. The summed E-state index contributed by atoms with van der Waals surface area (Å²) in [6.07, 6.45) is 1.64. The number of primary amides is 1. The highest BCUT2D eigenvalue weighted by Crippen LogP contribution is 2.37. The second-order valence-electron chi connectivity index (χ2n) is 10.5. The molecule has 9 heteroatoms. The molecule has 4 amide bonds. The molecular formula is C38H32N4O4S. The number of anilines is 2. The van der Waals surface area contributed by atoms with E-state index in [1.54, 1.807) is 72.8 Å². The quantitative estimate of drug-likeness (QED) is 0.0915. The van der Waals surface area contributed by atoms with Gasteiger partial charge in [0.25, 0.3) is 17.7 Å². The van der Waals surface area contributed by atoms with E-state index in [4.69, 9.17) is 5.73 Å². The molecule has 47 heavy (non-hydrogen) atoms. The number of carbonyl (C=O) groups is 4. The minimum absolute atomic E-state index is 0.0702.